The highest BCUT2D eigenvalue weighted by atomic mass is 35.5. The third-order valence-corrected chi connectivity index (χ3v) is 2.23. The Morgan fingerprint density at radius 1 is 1.24 bits per heavy atom. The standard InChI is InChI=1S/C10H7ClF2N4/c11-6-3-5(1-2-7(6)12)16-9-8(13)4-15-10(14)17-9/h1-4H,(H3,14,15,16,17). The average molecular weight is 257 g/mol. The van der Waals surface area contributed by atoms with Gasteiger partial charge in [0.15, 0.2) is 11.6 Å². The van der Waals surface area contributed by atoms with E-state index in [-0.39, 0.29) is 16.8 Å². The molecule has 4 nitrogen and oxygen atoms in total. The number of aromatic nitrogens is 2. The Bertz CT molecular complexity index is 562. The van der Waals surface area contributed by atoms with Crippen LogP contribution in [0.15, 0.2) is 24.4 Å². The first kappa shape index (κ1) is 11.5. The van der Waals surface area contributed by atoms with Crippen molar-refractivity contribution in [2.75, 3.05) is 11.1 Å². The van der Waals surface area contributed by atoms with Crippen molar-refractivity contribution in [3.63, 3.8) is 0 Å². The molecular formula is C10H7ClF2N4. The van der Waals surface area contributed by atoms with Crippen molar-refractivity contribution in [3.8, 4) is 0 Å². The fourth-order valence-corrected chi connectivity index (χ4v) is 1.36. The summed E-state index contributed by atoms with van der Waals surface area (Å²) in [6.45, 7) is 0. The van der Waals surface area contributed by atoms with E-state index in [0.29, 0.717) is 5.69 Å². The van der Waals surface area contributed by atoms with Crippen molar-refractivity contribution in [1.82, 2.24) is 9.97 Å². The third kappa shape index (κ3) is 2.59. The van der Waals surface area contributed by atoms with Gasteiger partial charge in [0.2, 0.25) is 5.95 Å². The van der Waals surface area contributed by atoms with Crippen LogP contribution in [0.2, 0.25) is 5.02 Å². The van der Waals surface area contributed by atoms with Crippen molar-refractivity contribution >= 4 is 29.1 Å². The summed E-state index contributed by atoms with van der Waals surface area (Å²) in [7, 11) is 0. The molecule has 0 amide bonds. The molecule has 2 rings (SSSR count). The van der Waals surface area contributed by atoms with Gasteiger partial charge in [-0.3, -0.25) is 0 Å². The minimum atomic E-state index is -0.667. The SMILES string of the molecule is Nc1ncc(F)c(Nc2ccc(F)c(Cl)c2)n1. The zero-order valence-electron chi connectivity index (χ0n) is 8.42. The molecule has 88 valence electrons. The Kier molecular flexibility index (Phi) is 3.06. The van der Waals surface area contributed by atoms with E-state index < -0.39 is 11.6 Å². The number of nitrogens with one attached hydrogen (secondary N) is 1. The molecule has 0 aliphatic rings. The molecule has 3 N–H and O–H groups in total. The van der Waals surface area contributed by atoms with E-state index in [1.165, 1.54) is 12.1 Å². The number of nitrogens with two attached hydrogens (primary N) is 1. The lowest BCUT2D eigenvalue weighted by molar-refractivity contribution is 0.619. The number of hydrogen-bond acceptors (Lipinski definition) is 4. The van der Waals surface area contributed by atoms with Gasteiger partial charge in [-0.1, -0.05) is 11.6 Å². The summed E-state index contributed by atoms with van der Waals surface area (Å²) < 4.78 is 26.2. The van der Waals surface area contributed by atoms with E-state index in [2.05, 4.69) is 15.3 Å². The molecule has 0 aliphatic carbocycles. The zero-order valence-corrected chi connectivity index (χ0v) is 9.17. The molecule has 7 heteroatoms. The van der Waals surface area contributed by atoms with Gasteiger partial charge in [-0.25, -0.2) is 13.8 Å². The summed E-state index contributed by atoms with van der Waals surface area (Å²) >= 11 is 5.58. The molecule has 0 spiro atoms. The molecule has 0 saturated heterocycles. The van der Waals surface area contributed by atoms with Gasteiger partial charge in [0.05, 0.1) is 11.2 Å². The van der Waals surface area contributed by atoms with Gasteiger partial charge in [0, 0.05) is 5.69 Å². The van der Waals surface area contributed by atoms with Gasteiger partial charge in [0.1, 0.15) is 5.82 Å². The predicted molar refractivity (Wildman–Crippen MR) is 61.1 cm³/mol. The molecule has 0 atom stereocenters. The number of benzene rings is 1. The number of nitrogens with zero attached hydrogens (tertiary/aromatic N) is 2. The summed E-state index contributed by atoms with van der Waals surface area (Å²) in [5.41, 5.74) is 5.72. The lowest BCUT2D eigenvalue weighted by Crippen LogP contribution is -2.02. The van der Waals surface area contributed by atoms with Gasteiger partial charge in [-0.2, -0.15) is 4.98 Å². The van der Waals surface area contributed by atoms with Gasteiger partial charge in [0.25, 0.3) is 0 Å². The van der Waals surface area contributed by atoms with Gasteiger partial charge < -0.3 is 11.1 Å². The van der Waals surface area contributed by atoms with Crippen molar-refractivity contribution in [2.24, 2.45) is 0 Å². The van der Waals surface area contributed by atoms with Crippen LogP contribution in [0.4, 0.5) is 26.2 Å². The Balaban J connectivity index is 2.31. The number of rotatable bonds is 2. The van der Waals surface area contributed by atoms with Crippen molar-refractivity contribution in [2.45, 2.75) is 0 Å². The lowest BCUT2D eigenvalue weighted by atomic mass is 10.3. The maximum atomic E-state index is 13.3. The minimum Gasteiger partial charge on any atom is -0.368 e. The summed E-state index contributed by atoms with van der Waals surface area (Å²) in [4.78, 5) is 7.14. The quantitative estimate of drug-likeness (QED) is 0.867. The van der Waals surface area contributed by atoms with Crippen molar-refractivity contribution in [3.05, 3.63) is 41.1 Å². The molecule has 0 aliphatic heterocycles. The van der Waals surface area contributed by atoms with Crippen LogP contribution in [0.3, 0.4) is 0 Å². The zero-order chi connectivity index (χ0) is 12.4. The van der Waals surface area contributed by atoms with Crippen LogP contribution in [0, 0.1) is 11.6 Å². The van der Waals surface area contributed by atoms with Gasteiger partial charge in [-0.15, -0.1) is 0 Å². The van der Waals surface area contributed by atoms with Crippen LogP contribution in [0.5, 0.6) is 0 Å². The molecular weight excluding hydrogens is 250 g/mol. The maximum absolute atomic E-state index is 13.3. The Labute approximate surface area is 100 Å². The summed E-state index contributed by atoms with van der Waals surface area (Å²) in [5.74, 6) is -1.39. The molecule has 1 aromatic heterocycles. The largest absolute Gasteiger partial charge is 0.368 e. The number of halogens is 3. The Morgan fingerprint density at radius 3 is 2.71 bits per heavy atom. The van der Waals surface area contributed by atoms with Crippen molar-refractivity contribution in [1.29, 1.82) is 0 Å². The first-order valence-electron chi connectivity index (χ1n) is 4.56. The maximum Gasteiger partial charge on any atom is 0.222 e. The molecule has 17 heavy (non-hydrogen) atoms. The molecule has 0 bridgehead atoms. The second-order valence-electron chi connectivity index (χ2n) is 3.18. The van der Waals surface area contributed by atoms with Crippen LogP contribution < -0.4 is 11.1 Å². The highest BCUT2D eigenvalue weighted by molar-refractivity contribution is 6.31. The Hall–Kier alpha value is -1.95. The Morgan fingerprint density at radius 2 is 2.00 bits per heavy atom. The molecule has 0 radical (unpaired) electrons. The van der Waals surface area contributed by atoms with Gasteiger partial charge >= 0.3 is 0 Å². The van der Waals surface area contributed by atoms with Crippen LogP contribution in [-0.4, -0.2) is 9.97 Å². The normalized spacial score (nSPS) is 10.3. The fourth-order valence-electron chi connectivity index (χ4n) is 1.18. The number of nitrogen functional groups attached to an aromatic ring is 1. The monoisotopic (exact) mass is 256 g/mol. The van der Waals surface area contributed by atoms with E-state index >= 15 is 0 Å². The summed E-state index contributed by atoms with van der Waals surface area (Å²) in [6.07, 6.45) is 0.940. The number of hydrogen-bond donors (Lipinski definition) is 2. The predicted octanol–water partition coefficient (Wildman–Crippen LogP) is 2.73. The van der Waals surface area contributed by atoms with E-state index in [4.69, 9.17) is 17.3 Å². The second kappa shape index (κ2) is 4.50. The average Bonchev–Trinajstić information content (AvgIpc) is 2.29. The van der Waals surface area contributed by atoms with E-state index in [1.807, 2.05) is 0 Å². The summed E-state index contributed by atoms with van der Waals surface area (Å²) in [6, 6.07) is 3.88. The van der Waals surface area contributed by atoms with Crippen LogP contribution in [0.1, 0.15) is 0 Å². The molecule has 2 aromatic rings. The molecule has 1 aromatic carbocycles. The van der Waals surface area contributed by atoms with Gasteiger partial charge in [-0.05, 0) is 18.2 Å². The van der Waals surface area contributed by atoms with Crippen LogP contribution in [0.25, 0.3) is 0 Å². The highest BCUT2D eigenvalue weighted by Crippen LogP contribution is 2.23. The van der Waals surface area contributed by atoms with E-state index in [1.54, 1.807) is 0 Å². The number of anilines is 3. The van der Waals surface area contributed by atoms with E-state index in [0.717, 1.165) is 12.3 Å². The topological polar surface area (TPSA) is 63.8 Å². The van der Waals surface area contributed by atoms with E-state index in [9.17, 15) is 8.78 Å². The third-order valence-electron chi connectivity index (χ3n) is 1.95. The first-order valence-corrected chi connectivity index (χ1v) is 4.94. The molecule has 0 fully saturated rings. The second-order valence-corrected chi connectivity index (χ2v) is 3.59. The smallest absolute Gasteiger partial charge is 0.222 e. The van der Waals surface area contributed by atoms with Crippen molar-refractivity contribution < 1.29 is 8.78 Å². The highest BCUT2D eigenvalue weighted by Gasteiger charge is 2.07. The molecule has 0 saturated carbocycles. The first-order chi connectivity index (χ1) is 8.06. The van der Waals surface area contributed by atoms with Crippen LogP contribution >= 0.6 is 11.6 Å². The fraction of sp³-hybridized carbons (Fsp3) is 0. The lowest BCUT2D eigenvalue weighted by Gasteiger charge is -2.07. The van der Waals surface area contributed by atoms with Crippen LogP contribution in [-0.2, 0) is 0 Å². The molecule has 0 unspecified atom stereocenters. The molecule has 1 heterocycles. The minimum absolute atomic E-state index is 0.0675. The summed E-state index contributed by atoms with van der Waals surface area (Å²) in [5, 5.41) is 2.55.